The van der Waals surface area contributed by atoms with Crippen LogP contribution in [-0.2, 0) is 14.8 Å². The highest BCUT2D eigenvalue weighted by Crippen LogP contribution is 2.16. The Kier molecular flexibility index (Phi) is 4.21. The summed E-state index contributed by atoms with van der Waals surface area (Å²) in [4.78, 5) is 0.252. The Labute approximate surface area is 107 Å². The molecule has 0 aliphatic carbocycles. The molecule has 0 bridgehead atoms. The van der Waals surface area contributed by atoms with Gasteiger partial charge in [-0.2, -0.15) is 0 Å². The van der Waals surface area contributed by atoms with Crippen LogP contribution in [0.15, 0.2) is 29.2 Å². The normalized spacial score (nSPS) is 19.9. The topological polar surface area (TPSA) is 64.6 Å². The summed E-state index contributed by atoms with van der Waals surface area (Å²) in [7, 11) is -1.89. The summed E-state index contributed by atoms with van der Waals surface area (Å²) in [6.07, 6.45) is 0.908. The Morgan fingerprint density at radius 3 is 2.67 bits per heavy atom. The average molecular weight is 271 g/mol. The molecule has 1 aliphatic heterocycles. The monoisotopic (exact) mass is 271 g/mol. The molecule has 0 spiro atoms. The van der Waals surface area contributed by atoms with Crippen LogP contribution in [-0.4, -0.2) is 35.3 Å². The molecular weight excluding hydrogens is 254 g/mol. The molecule has 0 radical (unpaired) electrons. The maximum absolute atomic E-state index is 12.0. The summed E-state index contributed by atoms with van der Waals surface area (Å²) < 4.78 is 36.8. The zero-order valence-electron chi connectivity index (χ0n) is 10.3. The van der Waals surface area contributed by atoms with Crippen molar-refractivity contribution in [3.05, 3.63) is 24.3 Å². The first-order valence-corrected chi connectivity index (χ1v) is 7.31. The second kappa shape index (κ2) is 5.69. The third kappa shape index (κ3) is 3.22. The number of hydrogen-bond donors (Lipinski definition) is 1. The van der Waals surface area contributed by atoms with E-state index >= 15 is 0 Å². The van der Waals surface area contributed by atoms with Crippen molar-refractivity contribution in [2.75, 3.05) is 26.9 Å². The van der Waals surface area contributed by atoms with E-state index in [1.54, 1.807) is 19.2 Å². The molecule has 0 aromatic heterocycles. The van der Waals surface area contributed by atoms with E-state index in [2.05, 4.69) is 4.72 Å². The Bertz CT molecular complexity index is 477. The molecule has 100 valence electrons. The van der Waals surface area contributed by atoms with Gasteiger partial charge in [0.2, 0.25) is 10.0 Å². The van der Waals surface area contributed by atoms with Crippen LogP contribution in [0.2, 0.25) is 0 Å². The Morgan fingerprint density at radius 1 is 1.39 bits per heavy atom. The molecule has 1 saturated heterocycles. The van der Waals surface area contributed by atoms with Crippen LogP contribution in [0.3, 0.4) is 0 Å². The minimum absolute atomic E-state index is 0.252. The van der Waals surface area contributed by atoms with Crippen LogP contribution in [0, 0.1) is 5.92 Å². The van der Waals surface area contributed by atoms with Gasteiger partial charge in [0, 0.05) is 13.2 Å². The van der Waals surface area contributed by atoms with E-state index in [1.165, 1.54) is 12.1 Å². The Morgan fingerprint density at radius 2 is 2.11 bits per heavy atom. The molecular formula is C12H17NO4S. The van der Waals surface area contributed by atoms with Crippen LogP contribution in [0.5, 0.6) is 5.75 Å². The van der Waals surface area contributed by atoms with Gasteiger partial charge in [0.1, 0.15) is 5.75 Å². The van der Waals surface area contributed by atoms with E-state index in [1.807, 2.05) is 0 Å². The maximum Gasteiger partial charge on any atom is 0.240 e. The largest absolute Gasteiger partial charge is 0.497 e. The molecule has 6 heteroatoms. The lowest BCUT2D eigenvalue weighted by Gasteiger charge is -2.10. The zero-order chi connectivity index (χ0) is 13.0. The van der Waals surface area contributed by atoms with Gasteiger partial charge in [0.05, 0.1) is 18.6 Å². The maximum atomic E-state index is 12.0. The van der Waals surface area contributed by atoms with Gasteiger partial charge in [-0.3, -0.25) is 0 Å². The molecule has 1 atom stereocenters. The third-order valence-electron chi connectivity index (χ3n) is 2.96. The number of rotatable bonds is 5. The highest BCUT2D eigenvalue weighted by Gasteiger charge is 2.20. The van der Waals surface area contributed by atoms with Crippen molar-refractivity contribution in [3.8, 4) is 5.75 Å². The van der Waals surface area contributed by atoms with Gasteiger partial charge in [0.25, 0.3) is 0 Å². The van der Waals surface area contributed by atoms with Crippen molar-refractivity contribution in [2.45, 2.75) is 11.3 Å². The Hall–Kier alpha value is -1.11. The summed E-state index contributed by atoms with van der Waals surface area (Å²) in [5, 5.41) is 0. The predicted octanol–water partition coefficient (Wildman–Crippen LogP) is 1.01. The highest BCUT2D eigenvalue weighted by molar-refractivity contribution is 7.89. The third-order valence-corrected chi connectivity index (χ3v) is 4.40. The molecule has 2 rings (SSSR count). The van der Waals surface area contributed by atoms with Gasteiger partial charge < -0.3 is 9.47 Å². The minimum atomic E-state index is -3.43. The minimum Gasteiger partial charge on any atom is -0.497 e. The highest BCUT2D eigenvalue weighted by atomic mass is 32.2. The fraction of sp³-hybridized carbons (Fsp3) is 0.500. The second-order valence-electron chi connectivity index (χ2n) is 4.26. The number of nitrogens with one attached hydrogen (secondary N) is 1. The van der Waals surface area contributed by atoms with Crippen molar-refractivity contribution >= 4 is 10.0 Å². The van der Waals surface area contributed by atoms with E-state index in [9.17, 15) is 8.42 Å². The number of methoxy groups -OCH3 is 1. The molecule has 0 saturated carbocycles. The molecule has 1 fully saturated rings. The first kappa shape index (κ1) is 13.3. The zero-order valence-corrected chi connectivity index (χ0v) is 11.1. The molecule has 1 aromatic carbocycles. The Balaban J connectivity index is 2.00. The van der Waals surface area contributed by atoms with Crippen molar-refractivity contribution < 1.29 is 17.9 Å². The fourth-order valence-corrected chi connectivity index (χ4v) is 2.93. The fourth-order valence-electron chi connectivity index (χ4n) is 1.81. The lowest BCUT2D eigenvalue weighted by atomic mass is 10.1. The molecule has 1 N–H and O–H groups in total. The molecule has 1 aliphatic rings. The van der Waals surface area contributed by atoms with Gasteiger partial charge in [-0.05, 0) is 36.6 Å². The molecule has 1 unspecified atom stereocenters. The molecule has 1 aromatic rings. The summed E-state index contributed by atoms with van der Waals surface area (Å²) in [6.45, 7) is 1.77. The number of sulfonamides is 1. The van der Waals surface area contributed by atoms with Crippen molar-refractivity contribution in [3.63, 3.8) is 0 Å². The first-order valence-electron chi connectivity index (χ1n) is 5.83. The summed E-state index contributed by atoms with van der Waals surface area (Å²) >= 11 is 0. The molecule has 5 nitrogen and oxygen atoms in total. The van der Waals surface area contributed by atoms with Crippen molar-refractivity contribution in [1.82, 2.24) is 4.72 Å². The molecule has 1 heterocycles. The standard InChI is InChI=1S/C12H17NO4S/c1-16-11-2-4-12(5-3-11)18(14,15)13-8-10-6-7-17-9-10/h2-5,10,13H,6-9H2,1H3. The van der Waals surface area contributed by atoms with Gasteiger partial charge in [-0.15, -0.1) is 0 Å². The quantitative estimate of drug-likeness (QED) is 0.868. The summed E-state index contributed by atoms with van der Waals surface area (Å²) in [6, 6.07) is 6.33. The van der Waals surface area contributed by atoms with E-state index in [0.717, 1.165) is 13.0 Å². The van der Waals surface area contributed by atoms with E-state index in [0.29, 0.717) is 18.9 Å². The number of ether oxygens (including phenoxy) is 2. The van der Waals surface area contributed by atoms with Crippen LogP contribution in [0.1, 0.15) is 6.42 Å². The van der Waals surface area contributed by atoms with Gasteiger partial charge in [0.15, 0.2) is 0 Å². The van der Waals surface area contributed by atoms with Gasteiger partial charge in [-0.25, -0.2) is 13.1 Å². The van der Waals surface area contributed by atoms with E-state index in [-0.39, 0.29) is 10.8 Å². The van der Waals surface area contributed by atoms with E-state index < -0.39 is 10.0 Å². The lowest BCUT2D eigenvalue weighted by Crippen LogP contribution is -2.29. The molecule has 0 amide bonds. The first-order chi connectivity index (χ1) is 8.62. The van der Waals surface area contributed by atoms with E-state index in [4.69, 9.17) is 9.47 Å². The number of benzene rings is 1. The summed E-state index contributed by atoms with van der Waals surface area (Å²) in [5.74, 6) is 0.913. The second-order valence-corrected chi connectivity index (χ2v) is 6.02. The number of hydrogen-bond acceptors (Lipinski definition) is 4. The molecule has 18 heavy (non-hydrogen) atoms. The smallest absolute Gasteiger partial charge is 0.240 e. The van der Waals surface area contributed by atoms with Crippen LogP contribution in [0.4, 0.5) is 0 Å². The van der Waals surface area contributed by atoms with Crippen molar-refractivity contribution in [2.24, 2.45) is 5.92 Å². The lowest BCUT2D eigenvalue weighted by molar-refractivity contribution is 0.186. The predicted molar refractivity (Wildman–Crippen MR) is 67.1 cm³/mol. The average Bonchev–Trinajstić information content (AvgIpc) is 2.90. The SMILES string of the molecule is COc1ccc(S(=O)(=O)NCC2CCOC2)cc1. The van der Waals surface area contributed by atoms with Gasteiger partial charge in [-0.1, -0.05) is 0 Å². The van der Waals surface area contributed by atoms with Crippen LogP contribution < -0.4 is 9.46 Å². The van der Waals surface area contributed by atoms with Crippen LogP contribution >= 0.6 is 0 Å². The summed E-state index contributed by atoms with van der Waals surface area (Å²) in [5.41, 5.74) is 0. The van der Waals surface area contributed by atoms with Crippen LogP contribution in [0.25, 0.3) is 0 Å². The van der Waals surface area contributed by atoms with Gasteiger partial charge >= 0.3 is 0 Å². The van der Waals surface area contributed by atoms with Crippen molar-refractivity contribution in [1.29, 1.82) is 0 Å².